The predicted octanol–water partition coefficient (Wildman–Crippen LogP) is 3.48. The van der Waals surface area contributed by atoms with Crippen molar-refractivity contribution in [1.82, 2.24) is 0 Å². The molecule has 0 saturated carbocycles. The Hall–Kier alpha value is -1.13. The lowest BCUT2D eigenvalue weighted by molar-refractivity contribution is 0.682. The van der Waals surface area contributed by atoms with Crippen molar-refractivity contribution >= 4 is 32.4 Å². The maximum Gasteiger partial charge on any atom is 0.0501 e. The van der Waals surface area contributed by atoms with Crippen molar-refractivity contribution in [3.8, 4) is 0 Å². The summed E-state index contributed by atoms with van der Waals surface area (Å²) in [6.07, 6.45) is 0. The van der Waals surface area contributed by atoms with Crippen molar-refractivity contribution < 1.29 is 4.21 Å². The van der Waals surface area contributed by atoms with Crippen molar-refractivity contribution in [2.45, 2.75) is 11.5 Å². The molecule has 0 aromatic heterocycles. The van der Waals surface area contributed by atoms with E-state index in [1.165, 1.54) is 0 Å². The zero-order valence-electron chi connectivity index (χ0n) is 9.80. The molecule has 2 aromatic rings. The zero-order chi connectivity index (χ0) is 13.0. The summed E-state index contributed by atoms with van der Waals surface area (Å²) in [5.41, 5.74) is 8.57. The fourth-order valence-electron chi connectivity index (χ4n) is 1.70. The molecule has 0 fully saturated rings. The van der Waals surface area contributed by atoms with Gasteiger partial charge in [-0.15, -0.1) is 0 Å². The van der Waals surface area contributed by atoms with Crippen LogP contribution >= 0.6 is 15.9 Å². The number of nitrogens with two attached hydrogens (primary N) is 1. The molecule has 0 amide bonds. The van der Waals surface area contributed by atoms with Crippen molar-refractivity contribution in [2.24, 2.45) is 0 Å². The Morgan fingerprint density at radius 3 is 2.44 bits per heavy atom. The number of benzene rings is 2. The second-order valence-electron chi connectivity index (χ2n) is 4.03. The minimum Gasteiger partial charge on any atom is -0.398 e. The van der Waals surface area contributed by atoms with E-state index < -0.39 is 10.8 Å². The van der Waals surface area contributed by atoms with Crippen LogP contribution in [0.2, 0.25) is 0 Å². The molecular weight excluding hydrogens is 310 g/mol. The van der Waals surface area contributed by atoms with E-state index in [0.29, 0.717) is 17.2 Å². The molecule has 0 bridgehead atoms. The number of hydrogen-bond donors (Lipinski definition) is 1. The van der Waals surface area contributed by atoms with Gasteiger partial charge in [-0.2, -0.15) is 0 Å². The Kier molecular flexibility index (Phi) is 4.55. The third-order valence-electron chi connectivity index (χ3n) is 2.60. The summed E-state index contributed by atoms with van der Waals surface area (Å²) in [6, 6.07) is 15.5. The molecule has 2 N–H and O–H groups in total. The monoisotopic (exact) mass is 323 g/mol. The summed E-state index contributed by atoms with van der Waals surface area (Å²) < 4.78 is 12.9. The molecule has 0 spiro atoms. The van der Waals surface area contributed by atoms with Crippen molar-refractivity contribution in [3.63, 3.8) is 0 Å². The summed E-state index contributed by atoms with van der Waals surface area (Å²) >= 11 is 3.43. The molecule has 2 rings (SSSR count). The first-order valence-electron chi connectivity index (χ1n) is 5.58. The van der Waals surface area contributed by atoms with Crippen molar-refractivity contribution in [1.29, 1.82) is 0 Å². The second kappa shape index (κ2) is 6.16. The number of anilines is 1. The molecule has 2 aromatic carbocycles. The Balaban J connectivity index is 2.06. The quantitative estimate of drug-likeness (QED) is 0.875. The molecular formula is C14H14BrNOS. The minimum atomic E-state index is -0.926. The summed E-state index contributed by atoms with van der Waals surface area (Å²) in [4.78, 5) is 0. The van der Waals surface area contributed by atoms with Gasteiger partial charge in [0.2, 0.25) is 0 Å². The van der Waals surface area contributed by atoms with Crippen molar-refractivity contribution in [2.75, 3.05) is 5.73 Å². The Labute approximate surface area is 118 Å². The molecule has 18 heavy (non-hydrogen) atoms. The normalized spacial score (nSPS) is 12.3. The van der Waals surface area contributed by atoms with E-state index in [1.54, 1.807) is 0 Å². The van der Waals surface area contributed by atoms with E-state index in [1.807, 2.05) is 48.5 Å². The average molecular weight is 324 g/mol. The summed E-state index contributed by atoms with van der Waals surface area (Å²) in [6.45, 7) is 0. The van der Waals surface area contributed by atoms with Crippen molar-refractivity contribution in [3.05, 3.63) is 64.1 Å². The maximum absolute atomic E-state index is 12.1. The van der Waals surface area contributed by atoms with Crippen LogP contribution < -0.4 is 5.73 Å². The zero-order valence-corrected chi connectivity index (χ0v) is 12.2. The topological polar surface area (TPSA) is 43.1 Å². The highest BCUT2D eigenvalue weighted by atomic mass is 79.9. The Morgan fingerprint density at radius 2 is 1.72 bits per heavy atom. The largest absolute Gasteiger partial charge is 0.398 e. The SMILES string of the molecule is Nc1cccc(CS(=O)Cc2ccccc2)c1Br. The van der Waals surface area contributed by atoms with Crippen LogP contribution in [0.3, 0.4) is 0 Å². The van der Waals surface area contributed by atoms with E-state index in [9.17, 15) is 4.21 Å². The number of nitrogen functional groups attached to an aromatic ring is 1. The average Bonchev–Trinajstić information content (AvgIpc) is 2.36. The first-order valence-corrected chi connectivity index (χ1v) is 7.86. The fourth-order valence-corrected chi connectivity index (χ4v) is 3.54. The van der Waals surface area contributed by atoms with E-state index >= 15 is 0 Å². The highest BCUT2D eigenvalue weighted by Gasteiger charge is 2.08. The lowest BCUT2D eigenvalue weighted by Gasteiger charge is -2.07. The van der Waals surface area contributed by atoms with Gasteiger partial charge in [0.1, 0.15) is 0 Å². The van der Waals surface area contributed by atoms with Crippen LogP contribution in [-0.4, -0.2) is 4.21 Å². The lowest BCUT2D eigenvalue weighted by atomic mass is 10.2. The molecule has 4 heteroatoms. The van der Waals surface area contributed by atoms with Crippen LogP contribution in [0, 0.1) is 0 Å². The molecule has 94 valence electrons. The maximum atomic E-state index is 12.1. The van der Waals surface area contributed by atoms with Gasteiger partial charge in [-0.05, 0) is 33.1 Å². The molecule has 1 unspecified atom stereocenters. The Morgan fingerprint density at radius 1 is 1.00 bits per heavy atom. The summed E-state index contributed by atoms with van der Waals surface area (Å²) in [5, 5.41) is 0. The lowest BCUT2D eigenvalue weighted by Crippen LogP contribution is -2.01. The van der Waals surface area contributed by atoms with Crippen LogP contribution in [0.25, 0.3) is 0 Å². The van der Waals surface area contributed by atoms with Crippen LogP contribution in [0.5, 0.6) is 0 Å². The smallest absolute Gasteiger partial charge is 0.0501 e. The van der Waals surface area contributed by atoms with Gasteiger partial charge in [0.05, 0.1) is 5.75 Å². The predicted molar refractivity (Wildman–Crippen MR) is 80.5 cm³/mol. The summed E-state index contributed by atoms with van der Waals surface area (Å²) in [5.74, 6) is 1.09. The highest BCUT2D eigenvalue weighted by molar-refractivity contribution is 9.10. The van der Waals surface area contributed by atoms with Gasteiger partial charge in [-0.25, -0.2) is 0 Å². The number of halogens is 1. The van der Waals surface area contributed by atoms with E-state index in [-0.39, 0.29) is 0 Å². The van der Waals surface area contributed by atoms with Gasteiger partial charge >= 0.3 is 0 Å². The van der Waals surface area contributed by atoms with Crippen LogP contribution in [0.4, 0.5) is 5.69 Å². The first kappa shape index (κ1) is 13.3. The van der Waals surface area contributed by atoms with Crippen LogP contribution in [0.15, 0.2) is 53.0 Å². The molecule has 0 radical (unpaired) electrons. The second-order valence-corrected chi connectivity index (χ2v) is 6.28. The molecule has 0 aliphatic rings. The molecule has 0 heterocycles. The first-order chi connectivity index (χ1) is 8.66. The van der Waals surface area contributed by atoms with Gasteiger partial charge in [0.15, 0.2) is 0 Å². The van der Waals surface area contributed by atoms with E-state index in [2.05, 4.69) is 15.9 Å². The molecule has 0 aliphatic carbocycles. The number of hydrogen-bond acceptors (Lipinski definition) is 2. The van der Waals surface area contributed by atoms with Gasteiger partial charge in [0, 0.05) is 26.7 Å². The minimum absolute atomic E-state index is 0.514. The van der Waals surface area contributed by atoms with Gasteiger partial charge in [-0.3, -0.25) is 4.21 Å². The van der Waals surface area contributed by atoms with E-state index in [4.69, 9.17) is 5.73 Å². The Bertz CT molecular complexity index is 557. The van der Waals surface area contributed by atoms with Gasteiger partial charge in [0.25, 0.3) is 0 Å². The third kappa shape index (κ3) is 3.43. The van der Waals surface area contributed by atoms with Gasteiger partial charge < -0.3 is 5.73 Å². The van der Waals surface area contributed by atoms with E-state index in [0.717, 1.165) is 15.6 Å². The highest BCUT2D eigenvalue weighted by Crippen LogP contribution is 2.25. The molecule has 0 aliphatic heterocycles. The standard InChI is InChI=1S/C14H14BrNOS/c15-14-12(7-4-8-13(14)16)10-18(17)9-11-5-2-1-3-6-11/h1-8H,9-10,16H2. The molecule has 1 atom stereocenters. The number of rotatable bonds is 4. The van der Waals surface area contributed by atoms with Crippen LogP contribution in [-0.2, 0) is 22.3 Å². The molecule has 2 nitrogen and oxygen atoms in total. The fraction of sp³-hybridized carbons (Fsp3) is 0.143. The molecule has 0 saturated heterocycles. The third-order valence-corrected chi connectivity index (χ3v) is 4.85. The summed E-state index contributed by atoms with van der Waals surface area (Å²) in [7, 11) is -0.926. The van der Waals surface area contributed by atoms with Crippen LogP contribution in [0.1, 0.15) is 11.1 Å². The van der Waals surface area contributed by atoms with Gasteiger partial charge in [-0.1, -0.05) is 42.5 Å².